The van der Waals surface area contributed by atoms with Crippen molar-refractivity contribution in [3.8, 4) is 22.1 Å². The number of ether oxygens (including phenoxy) is 2. The van der Waals surface area contributed by atoms with Crippen molar-refractivity contribution < 1.29 is 24.2 Å². The number of carbonyl (C=O) groups excluding carboxylic acids is 2. The minimum atomic E-state index is -0.891. The molecule has 4 aromatic rings. The maximum atomic E-state index is 14.1. The normalized spacial score (nSPS) is 15.1. The van der Waals surface area contributed by atoms with Gasteiger partial charge in [0.25, 0.3) is 5.91 Å². The highest BCUT2D eigenvalue weighted by Crippen LogP contribution is 2.45. The van der Waals surface area contributed by atoms with Gasteiger partial charge in [-0.2, -0.15) is 0 Å². The molecule has 0 saturated carbocycles. The van der Waals surface area contributed by atoms with E-state index in [0.717, 1.165) is 11.1 Å². The van der Waals surface area contributed by atoms with Crippen LogP contribution in [0.1, 0.15) is 39.5 Å². The molecule has 198 valence electrons. The fourth-order valence-electron chi connectivity index (χ4n) is 4.76. The van der Waals surface area contributed by atoms with Gasteiger partial charge in [-0.15, -0.1) is 11.3 Å². The minimum Gasteiger partial charge on any atom is -0.503 e. The van der Waals surface area contributed by atoms with Crippen LogP contribution in [0.25, 0.3) is 10.6 Å². The molecule has 1 aromatic heterocycles. The van der Waals surface area contributed by atoms with Gasteiger partial charge in [-0.3, -0.25) is 14.5 Å². The molecule has 39 heavy (non-hydrogen) atoms. The number of benzene rings is 3. The van der Waals surface area contributed by atoms with Crippen molar-refractivity contribution >= 4 is 28.7 Å². The third-order valence-corrected chi connectivity index (χ3v) is 7.76. The Morgan fingerprint density at radius 3 is 2.49 bits per heavy atom. The van der Waals surface area contributed by atoms with Crippen molar-refractivity contribution in [1.82, 2.24) is 4.98 Å². The topological polar surface area (TPSA) is 89.0 Å². The van der Waals surface area contributed by atoms with Crippen LogP contribution in [-0.4, -0.2) is 35.5 Å². The van der Waals surface area contributed by atoms with E-state index in [1.807, 2.05) is 62.4 Å². The number of anilines is 1. The second-order valence-corrected chi connectivity index (χ2v) is 10.2. The number of carbonyl (C=O) groups is 2. The van der Waals surface area contributed by atoms with Crippen molar-refractivity contribution in [1.29, 1.82) is 0 Å². The van der Waals surface area contributed by atoms with Crippen LogP contribution >= 0.6 is 11.3 Å². The van der Waals surface area contributed by atoms with Crippen molar-refractivity contribution in [3.05, 3.63) is 106 Å². The number of Topliss-reactive ketones (excluding diaryl/α,β-unsaturated/α-hetero) is 1. The number of aryl methyl sites for hydroxylation is 2. The van der Waals surface area contributed by atoms with Gasteiger partial charge >= 0.3 is 0 Å². The molecule has 1 atom stereocenters. The first-order chi connectivity index (χ1) is 18.8. The Bertz CT molecular complexity index is 1590. The van der Waals surface area contributed by atoms with E-state index in [0.29, 0.717) is 44.9 Å². The number of aliphatic hydroxyl groups excluding tert-OH is 1. The summed E-state index contributed by atoms with van der Waals surface area (Å²) in [5, 5.41) is 11.9. The molecule has 0 spiro atoms. The zero-order chi connectivity index (χ0) is 27.7. The van der Waals surface area contributed by atoms with Crippen LogP contribution in [0.2, 0.25) is 0 Å². The van der Waals surface area contributed by atoms with Crippen LogP contribution in [0.15, 0.2) is 84.1 Å². The van der Waals surface area contributed by atoms with Crippen LogP contribution in [0.4, 0.5) is 5.69 Å². The quantitative estimate of drug-likeness (QED) is 0.253. The molecule has 2 heterocycles. The second kappa shape index (κ2) is 10.7. The lowest BCUT2D eigenvalue weighted by Gasteiger charge is -2.27. The lowest BCUT2D eigenvalue weighted by molar-refractivity contribution is -0.117. The molecule has 3 aromatic carbocycles. The Labute approximate surface area is 231 Å². The highest BCUT2D eigenvalue weighted by Gasteiger charge is 2.45. The standard InChI is InChI=1S/C31H28N2O5S/c1-5-38-23-15-14-21(17-24(23)37-4)26-25(28(35)31(36)33(26)22-13-9-10-18(2)16-22)27(34)29-19(3)32-30(39-29)20-11-7-6-8-12-20/h6-17,26,35H,5H2,1-4H3. The highest BCUT2D eigenvalue weighted by atomic mass is 32.1. The molecule has 1 aliphatic rings. The summed E-state index contributed by atoms with van der Waals surface area (Å²) in [6.07, 6.45) is 0. The minimum absolute atomic E-state index is 0.000851. The number of aliphatic hydroxyl groups is 1. The van der Waals surface area contributed by atoms with E-state index in [1.165, 1.54) is 23.3 Å². The van der Waals surface area contributed by atoms with Gasteiger partial charge in [-0.1, -0.05) is 48.5 Å². The van der Waals surface area contributed by atoms with Gasteiger partial charge < -0.3 is 14.6 Å². The van der Waals surface area contributed by atoms with E-state index >= 15 is 0 Å². The largest absolute Gasteiger partial charge is 0.503 e. The predicted molar refractivity (Wildman–Crippen MR) is 152 cm³/mol. The van der Waals surface area contributed by atoms with Crippen LogP contribution in [0, 0.1) is 13.8 Å². The lowest BCUT2D eigenvalue weighted by atomic mass is 9.94. The van der Waals surface area contributed by atoms with Crippen LogP contribution in [0.5, 0.6) is 11.5 Å². The summed E-state index contributed by atoms with van der Waals surface area (Å²) in [5.41, 5.74) is 3.53. The van der Waals surface area contributed by atoms with Crippen LogP contribution < -0.4 is 14.4 Å². The molecule has 1 amide bonds. The van der Waals surface area contributed by atoms with Crippen LogP contribution in [-0.2, 0) is 4.79 Å². The average Bonchev–Trinajstić information content (AvgIpc) is 3.46. The summed E-state index contributed by atoms with van der Waals surface area (Å²) in [4.78, 5) is 34.2. The van der Waals surface area contributed by atoms with Gasteiger partial charge in [0, 0.05) is 11.3 Å². The number of thiazole rings is 1. The molecule has 1 N–H and O–H groups in total. The third kappa shape index (κ3) is 4.79. The van der Waals surface area contributed by atoms with Gasteiger partial charge in [0.1, 0.15) is 5.01 Å². The van der Waals surface area contributed by atoms with Gasteiger partial charge in [0.15, 0.2) is 17.3 Å². The SMILES string of the molecule is CCOc1ccc(C2C(C(=O)c3sc(-c4ccccc4)nc3C)=C(O)C(=O)N2c2cccc(C)c2)cc1OC. The first-order valence-electron chi connectivity index (χ1n) is 12.6. The number of methoxy groups -OCH3 is 1. The van der Waals surface area contributed by atoms with Crippen molar-refractivity contribution in [2.24, 2.45) is 0 Å². The third-order valence-electron chi connectivity index (χ3n) is 6.56. The fourth-order valence-corrected chi connectivity index (χ4v) is 5.79. The number of rotatable bonds is 8. The number of hydrogen-bond donors (Lipinski definition) is 1. The number of amides is 1. The first kappa shape index (κ1) is 26.2. The Balaban J connectivity index is 1.65. The van der Waals surface area contributed by atoms with E-state index in [1.54, 1.807) is 31.2 Å². The molecule has 5 rings (SSSR count). The molecular weight excluding hydrogens is 512 g/mol. The van der Waals surface area contributed by atoms with E-state index in [2.05, 4.69) is 4.98 Å². The molecule has 1 unspecified atom stereocenters. The molecule has 0 aliphatic carbocycles. The average molecular weight is 541 g/mol. The summed E-state index contributed by atoms with van der Waals surface area (Å²) in [6.45, 7) is 6.01. The number of aromatic nitrogens is 1. The van der Waals surface area contributed by atoms with Gasteiger partial charge in [0.05, 0.1) is 35.9 Å². The number of nitrogens with zero attached hydrogens (tertiary/aromatic N) is 2. The summed E-state index contributed by atoms with van der Waals surface area (Å²) >= 11 is 1.24. The predicted octanol–water partition coefficient (Wildman–Crippen LogP) is 6.62. The Morgan fingerprint density at radius 1 is 1.03 bits per heavy atom. The Kier molecular flexibility index (Phi) is 7.21. The van der Waals surface area contributed by atoms with E-state index in [9.17, 15) is 14.7 Å². The van der Waals surface area contributed by atoms with Gasteiger partial charge in [-0.25, -0.2) is 4.98 Å². The van der Waals surface area contributed by atoms with Gasteiger partial charge in [0.2, 0.25) is 5.78 Å². The van der Waals surface area contributed by atoms with Crippen molar-refractivity contribution in [2.45, 2.75) is 26.8 Å². The fraction of sp³-hybridized carbons (Fsp3) is 0.194. The number of ketones is 1. The zero-order valence-electron chi connectivity index (χ0n) is 22.1. The summed E-state index contributed by atoms with van der Waals surface area (Å²) in [7, 11) is 1.53. The number of hydrogen-bond acceptors (Lipinski definition) is 7. The molecule has 0 radical (unpaired) electrons. The van der Waals surface area contributed by atoms with E-state index < -0.39 is 23.5 Å². The second-order valence-electron chi connectivity index (χ2n) is 9.15. The highest BCUT2D eigenvalue weighted by molar-refractivity contribution is 7.17. The maximum absolute atomic E-state index is 14.1. The van der Waals surface area contributed by atoms with Gasteiger partial charge in [-0.05, 0) is 56.2 Å². The molecule has 0 fully saturated rings. The Hall–Kier alpha value is -4.43. The van der Waals surface area contributed by atoms with Crippen molar-refractivity contribution in [2.75, 3.05) is 18.6 Å². The monoisotopic (exact) mass is 540 g/mol. The summed E-state index contributed by atoms with van der Waals surface area (Å²) in [5.74, 6) is -0.654. The van der Waals surface area contributed by atoms with Crippen molar-refractivity contribution in [3.63, 3.8) is 0 Å². The molecule has 0 bridgehead atoms. The molecular formula is C31H28N2O5S. The van der Waals surface area contributed by atoms with Crippen LogP contribution in [0.3, 0.4) is 0 Å². The maximum Gasteiger partial charge on any atom is 0.294 e. The zero-order valence-corrected chi connectivity index (χ0v) is 22.9. The van der Waals surface area contributed by atoms with E-state index in [4.69, 9.17) is 9.47 Å². The summed E-state index contributed by atoms with van der Waals surface area (Å²) < 4.78 is 11.2. The smallest absolute Gasteiger partial charge is 0.294 e. The lowest BCUT2D eigenvalue weighted by Crippen LogP contribution is -2.31. The molecule has 0 saturated heterocycles. The summed E-state index contributed by atoms with van der Waals surface area (Å²) in [6, 6.07) is 21.4. The Morgan fingerprint density at radius 2 is 1.79 bits per heavy atom. The molecule has 8 heteroatoms. The first-order valence-corrected chi connectivity index (χ1v) is 13.4. The molecule has 1 aliphatic heterocycles. The van der Waals surface area contributed by atoms with E-state index in [-0.39, 0.29) is 5.57 Å². The molecule has 7 nitrogen and oxygen atoms in total.